The van der Waals surface area contributed by atoms with Gasteiger partial charge in [-0.1, -0.05) is 17.3 Å². The van der Waals surface area contributed by atoms with E-state index in [2.05, 4.69) is 10.1 Å². The van der Waals surface area contributed by atoms with Gasteiger partial charge in [0.05, 0.1) is 29.5 Å². The predicted octanol–water partition coefficient (Wildman–Crippen LogP) is 9.55. The number of nitrogens with zero attached hydrogens (tertiary/aromatic N) is 2. The molecule has 4 aromatic rings. The Bertz CT molecular complexity index is 1880. The van der Waals surface area contributed by atoms with Gasteiger partial charge in [-0.3, -0.25) is 4.98 Å². The molecule has 5 rings (SSSR count). The number of aromatic carboxylic acids is 1. The highest BCUT2D eigenvalue weighted by Gasteiger charge is 2.39. The lowest BCUT2D eigenvalue weighted by atomic mass is 9.91. The van der Waals surface area contributed by atoms with Gasteiger partial charge in [0.2, 0.25) is 0 Å². The number of oxime groups is 1. The molecule has 1 atom stereocenters. The first-order valence-electron chi connectivity index (χ1n) is 13.9. The van der Waals surface area contributed by atoms with Gasteiger partial charge in [0.1, 0.15) is 11.4 Å². The van der Waals surface area contributed by atoms with E-state index in [1.807, 2.05) is 0 Å². The number of hydrogen-bond donors (Lipinski definition) is 1. The lowest BCUT2D eigenvalue weighted by Crippen LogP contribution is -2.13. The molecule has 2 heterocycles. The van der Waals surface area contributed by atoms with E-state index in [4.69, 9.17) is 9.57 Å². The van der Waals surface area contributed by atoms with Crippen LogP contribution in [-0.4, -0.2) is 28.9 Å². The normalized spacial score (nSPS) is 15.2. The SMILES string of the molecule is COc1ccc(-c2ccc(C(=O)O)cc2C)cc1-c1cnc(C(F)(F)F)cc1CC1=NOC(c2cc(C(F)(F)F)cc(C(F)(F)F)c2)C1. The molecule has 0 saturated heterocycles. The van der Waals surface area contributed by atoms with Crippen LogP contribution in [0.25, 0.3) is 22.3 Å². The summed E-state index contributed by atoms with van der Waals surface area (Å²) in [5.41, 5.74) is -2.40. The van der Waals surface area contributed by atoms with Crippen molar-refractivity contribution >= 4 is 11.7 Å². The minimum absolute atomic E-state index is 0.0220. The van der Waals surface area contributed by atoms with Crippen LogP contribution in [0.2, 0.25) is 0 Å². The van der Waals surface area contributed by atoms with Crippen molar-refractivity contribution in [2.24, 2.45) is 5.16 Å². The molecule has 15 heteroatoms. The van der Waals surface area contributed by atoms with Gasteiger partial charge in [0.25, 0.3) is 0 Å². The number of benzene rings is 3. The summed E-state index contributed by atoms with van der Waals surface area (Å²) in [6.45, 7) is 1.69. The van der Waals surface area contributed by atoms with Gasteiger partial charge >= 0.3 is 24.5 Å². The average Bonchev–Trinajstić information content (AvgIpc) is 3.47. The zero-order valence-corrected chi connectivity index (χ0v) is 24.8. The number of pyridine rings is 1. The Labute approximate surface area is 266 Å². The monoisotopic (exact) mass is 682 g/mol. The Kier molecular flexibility index (Phi) is 8.93. The first kappa shape index (κ1) is 34.3. The first-order valence-corrected chi connectivity index (χ1v) is 13.9. The van der Waals surface area contributed by atoms with Crippen LogP contribution in [0.15, 0.2) is 72.0 Å². The number of aryl methyl sites for hydroxylation is 1. The number of aromatic nitrogens is 1. The van der Waals surface area contributed by atoms with Gasteiger partial charge < -0.3 is 14.7 Å². The molecule has 0 spiro atoms. The van der Waals surface area contributed by atoms with E-state index >= 15 is 0 Å². The molecule has 0 saturated carbocycles. The Morgan fingerprint density at radius 3 is 2.08 bits per heavy atom. The molecule has 0 bridgehead atoms. The molecule has 1 unspecified atom stereocenters. The fourth-order valence-electron chi connectivity index (χ4n) is 5.34. The molecular weight excluding hydrogens is 659 g/mol. The van der Waals surface area contributed by atoms with Gasteiger partial charge in [-0.05, 0) is 83.3 Å². The second kappa shape index (κ2) is 12.5. The Morgan fingerprint density at radius 1 is 0.854 bits per heavy atom. The lowest BCUT2D eigenvalue weighted by Gasteiger charge is -2.17. The van der Waals surface area contributed by atoms with Crippen LogP contribution in [0, 0.1) is 6.92 Å². The van der Waals surface area contributed by atoms with Crippen molar-refractivity contribution in [3.63, 3.8) is 0 Å². The fourth-order valence-corrected chi connectivity index (χ4v) is 5.34. The number of carboxylic acid groups (broad SMARTS) is 1. The van der Waals surface area contributed by atoms with E-state index in [0.717, 1.165) is 12.3 Å². The van der Waals surface area contributed by atoms with E-state index in [-0.39, 0.29) is 47.1 Å². The Morgan fingerprint density at radius 2 is 1.52 bits per heavy atom. The molecule has 1 N–H and O–H groups in total. The van der Waals surface area contributed by atoms with Crippen molar-refractivity contribution in [2.75, 3.05) is 7.11 Å². The van der Waals surface area contributed by atoms with Crippen LogP contribution < -0.4 is 4.74 Å². The van der Waals surface area contributed by atoms with E-state index < -0.39 is 53.0 Å². The van der Waals surface area contributed by atoms with Crippen LogP contribution in [0.5, 0.6) is 5.75 Å². The summed E-state index contributed by atoms with van der Waals surface area (Å²) in [5, 5.41) is 13.1. The predicted molar refractivity (Wildman–Crippen MR) is 154 cm³/mol. The average molecular weight is 683 g/mol. The van der Waals surface area contributed by atoms with Crippen LogP contribution in [0.1, 0.15) is 56.4 Å². The standard InChI is InChI=1S/C33H23F9N2O4/c1-16-7-18(30(45)46)3-5-24(16)17-4-6-27(47-2)25(11-17)26-15-43-29(33(40,41)42)12-19(26)10-23-14-28(48-44-23)20-8-21(31(34,35)36)13-22(9-20)32(37,38)39/h3-9,11-13,15,28H,10,14H2,1-2H3,(H,45,46). The van der Waals surface area contributed by atoms with E-state index in [0.29, 0.717) is 34.4 Å². The van der Waals surface area contributed by atoms with Crippen molar-refractivity contribution in [3.05, 3.63) is 106 Å². The second-order valence-electron chi connectivity index (χ2n) is 10.9. The summed E-state index contributed by atoms with van der Waals surface area (Å²) in [4.78, 5) is 20.2. The first-order chi connectivity index (χ1) is 22.3. The van der Waals surface area contributed by atoms with Crippen molar-refractivity contribution in [3.8, 4) is 28.0 Å². The molecule has 1 aromatic heterocycles. The number of carbonyl (C=O) groups is 1. The zero-order chi connectivity index (χ0) is 35.2. The molecule has 48 heavy (non-hydrogen) atoms. The lowest BCUT2D eigenvalue weighted by molar-refractivity contribution is -0.143. The minimum Gasteiger partial charge on any atom is -0.496 e. The molecule has 252 valence electrons. The highest BCUT2D eigenvalue weighted by molar-refractivity contribution is 5.91. The van der Waals surface area contributed by atoms with Crippen molar-refractivity contribution in [1.82, 2.24) is 4.98 Å². The third-order valence-corrected chi connectivity index (χ3v) is 7.66. The molecule has 1 aliphatic rings. The summed E-state index contributed by atoms with van der Waals surface area (Å²) >= 11 is 0. The summed E-state index contributed by atoms with van der Waals surface area (Å²) in [6, 6.07) is 11.1. The maximum Gasteiger partial charge on any atom is 0.433 e. The second-order valence-corrected chi connectivity index (χ2v) is 10.9. The number of rotatable bonds is 7. The number of carboxylic acids is 1. The van der Waals surface area contributed by atoms with Crippen LogP contribution in [-0.2, 0) is 29.8 Å². The summed E-state index contributed by atoms with van der Waals surface area (Å²) in [7, 11) is 1.34. The molecule has 6 nitrogen and oxygen atoms in total. The highest BCUT2D eigenvalue weighted by Crippen LogP contribution is 2.42. The van der Waals surface area contributed by atoms with Crippen molar-refractivity contribution < 1.29 is 59.0 Å². The van der Waals surface area contributed by atoms with Gasteiger partial charge in [0, 0.05) is 30.2 Å². The summed E-state index contributed by atoms with van der Waals surface area (Å²) in [5.74, 6) is -0.886. The molecule has 3 aromatic carbocycles. The van der Waals surface area contributed by atoms with E-state index in [1.165, 1.54) is 19.2 Å². The fraction of sp³-hybridized carbons (Fsp3) is 0.242. The topological polar surface area (TPSA) is 81.0 Å². The summed E-state index contributed by atoms with van der Waals surface area (Å²) in [6.07, 6.45) is -16.1. The van der Waals surface area contributed by atoms with Gasteiger partial charge in [-0.25, -0.2) is 4.79 Å². The minimum atomic E-state index is -5.09. The maximum absolute atomic E-state index is 13.8. The number of methoxy groups -OCH3 is 1. The molecule has 0 aliphatic carbocycles. The molecule has 0 fully saturated rings. The van der Waals surface area contributed by atoms with Crippen LogP contribution in [0.3, 0.4) is 0 Å². The van der Waals surface area contributed by atoms with Crippen LogP contribution >= 0.6 is 0 Å². The van der Waals surface area contributed by atoms with Crippen molar-refractivity contribution in [2.45, 2.75) is 44.4 Å². The number of alkyl halides is 9. The molecule has 0 amide bonds. The highest BCUT2D eigenvalue weighted by atomic mass is 19.4. The van der Waals surface area contributed by atoms with E-state index in [1.54, 1.807) is 31.2 Å². The Hall–Kier alpha value is -5.08. The maximum atomic E-state index is 13.8. The quantitative estimate of drug-likeness (QED) is 0.197. The molecule has 0 radical (unpaired) electrons. The number of hydrogen-bond acceptors (Lipinski definition) is 5. The zero-order valence-electron chi connectivity index (χ0n) is 24.8. The number of ether oxygens (including phenoxy) is 1. The molecule has 1 aliphatic heterocycles. The molecular formula is C33H23F9N2O4. The van der Waals surface area contributed by atoms with Crippen molar-refractivity contribution in [1.29, 1.82) is 0 Å². The smallest absolute Gasteiger partial charge is 0.433 e. The Balaban J connectivity index is 1.53. The van der Waals surface area contributed by atoms with Gasteiger partial charge in [-0.15, -0.1) is 0 Å². The number of halogens is 9. The largest absolute Gasteiger partial charge is 0.496 e. The van der Waals surface area contributed by atoms with Gasteiger partial charge in [-0.2, -0.15) is 39.5 Å². The third-order valence-electron chi connectivity index (χ3n) is 7.66. The summed E-state index contributed by atoms with van der Waals surface area (Å²) < 4.78 is 127. The third kappa shape index (κ3) is 7.24. The van der Waals surface area contributed by atoms with Gasteiger partial charge in [0.15, 0.2) is 6.10 Å². The van der Waals surface area contributed by atoms with Crippen LogP contribution in [0.4, 0.5) is 39.5 Å². The van der Waals surface area contributed by atoms with E-state index in [9.17, 15) is 49.4 Å².